The van der Waals surface area contributed by atoms with Crippen LogP contribution in [0.25, 0.3) is 0 Å². The molecule has 3 rings (SSSR count). The molecule has 0 aliphatic carbocycles. The van der Waals surface area contributed by atoms with E-state index in [1.54, 1.807) is 18.2 Å². The molecule has 0 fully saturated rings. The van der Waals surface area contributed by atoms with Crippen molar-refractivity contribution in [1.82, 2.24) is 14.7 Å². The third-order valence-corrected chi connectivity index (χ3v) is 4.11. The van der Waals surface area contributed by atoms with E-state index in [-0.39, 0.29) is 24.4 Å². The molecule has 0 saturated carbocycles. The van der Waals surface area contributed by atoms with Crippen molar-refractivity contribution in [3.05, 3.63) is 48.0 Å². The lowest BCUT2D eigenvalue weighted by Gasteiger charge is -2.29. The highest BCUT2D eigenvalue weighted by atomic mass is 19.1. The largest absolute Gasteiger partial charge is 0.484 e. The minimum absolute atomic E-state index is 0.0268. The lowest BCUT2D eigenvalue weighted by molar-refractivity contribution is -0.137. The SMILES string of the molecule is COC[C@@H]1CCn2nccc2CN1C(=O)COc1ccc(F)cc1. The van der Waals surface area contributed by atoms with Gasteiger partial charge in [0.1, 0.15) is 11.6 Å². The third-order valence-electron chi connectivity index (χ3n) is 4.11. The van der Waals surface area contributed by atoms with Crippen molar-refractivity contribution in [3.63, 3.8) is 0 Å². The second-order valence-corrected chi connectivity index (χ2v) is 5.71. The van der Waals surface area contributed by atoms with Crippen molar-refractivity contribution in [3.8, 4) is 5.75 Å². The molecule has 7 heteroatoms. The van der Waals surface area contributed by atoms with E-state index in [0.717, 1.165) is 18.7 Å². The Balaban J connectivity index is 1.68. The maximum atomic E-state index is 12.9. The zero-order valence-electron chi connectivity index (χ0n) is 13.5. The Morgan fingerprint density at radius 2 is 2.12 bits per heavy atom. The average molecular weight is 333 g/mol. The monoisotopic (exact) mass is 333 g/mol. The van der Waals surface area contributed by atoms with Gasteiger partial charge in [-0.3, -0.25) is 9.48 Å². The number of benzene rings is 1. The van der Waals surface area contributed by atoms with Crippen LogP contribution >= 0.6 is 0 Å². The first-order chi connectivity index (χ1) is 11.7. The van der Waals surface area contributed by atoms with Crippen LogP contribution in [0, 0.1) is 5.82 Å². The summed E-state index contributed by atoms with van der Waals surface area (Å²) in [5, 5.41) is 4.28. The fraction of sp³-hybridized carbons (Fsp3) is 0.412. The van der Waals surface area contributed by atoms with Crippen LogP contribution in [0.15, 0.2) is 36.5 Å². The van der Waals surface area contributed by atoms with Crippen LogP contribution in [0.3, 0.4) is 0 Å². The molecule has 1 aromatic heterocycles. The Morgan fingerprint density at radius 3 is 2.88 bits per heavy atom. The second kappa shape index (κ2) is 7.44. The molecule has 1 atom stereocenters. The van der Waals surface area contributed by atoms with E-state index < -0.39 is 0 Å². The van der Waals surface area contributed by atoms with E-state index in [9.17, 15) is 9.18 Å². The second-order valence-electron chi connectivity index (χ2n) is 5.71. The number of aryl methyl sites for hydroxylation is 1. The summed E-state index contributed by atoms with van der Waals surface area (Å²) in [6, 6.07) is 7.51. The van der Waals surface area contributed by atoms with E-state index in [2.05, 4.69) is 5.10 Å². The van der Waals surface area contributed by atoms with E-state index >= 15 is 0 Å². The maximum absolute atomic E-state index is 12.9. The molecule has 1 amide bonds. The van der Waals surface area contributed by atoms with Gasteiger partial charge in [-0.25, -0.2) is 4.39 Å². The van der Waals surface area contributed by atoms with Gasteiger partial charge in [-0.05, 0) is 36.8 Å². The first-order valence-corrected chi connectivity index (χ1v) is 7.85. The minimum atomic E-state index is -0.338. The highest BCUT2D eigenvalue weighted by Crippen LogP contribution is 2.18. The van der Waals surface area contributed by atoms with Crippen LogP contribution in [-0.2, 0) is 22.6 Å². The smallest absolute Gasteiger partial charge is 0.261 e. The molecular formula is C17H20FN3O3. The van der Waals surface area contributed by atoms with Crippen LogP contribution in [0.2, 0.25) is 0 Å². The predicted octanol–water partition coefficient (Wildman–Crippen LogP) is 1.85. The van der Waals surface area contributed by atoms with Crippen molar-refractivity contribution in [2.45, 2.75) is 25.6 Å². The molecule has 0 saturated heterocycles. The van der Waals surface area contributed by atoms with Gasteiger partial charge in [0.2, 0.25) is 0 Å². The number of hydrogen-bond donors (Lipinski definition) is 0. The number of rotatable bonds is 5. The highest BCUT2D eigenvalue weighted by Gasteiger charge is 2.28. The number of amides is 1. The molecule has 1 aliphatic rings. The normalized spacial score (nSPS) is 17.2. The average Bonchev–Trinajstić information content (AvgIpc) is 2.96. The minimum Gasteiger partial charge on any atom is -0.484 e. The van der Waals surface area contributed by atoms with Gasteiger partial charge in [-0.2, -0.15) is 5.10 Å². The molecular weight excluding hydrogens is 313 g/mol. The van der Waals surface area contributed by atoms with Gasteiger partial charge in [-0.15, -0.1) is 0 Å². The van der Waals surface area contributed by atoms with E-state index in [4.69, 9.17) is 9.47 Å². The van der Waals surface area contributed by atoms with Gasteiger partial charge in [0, 0.05) is 19.9 Å². The Labute approximate surface area is 139 Å². The summed E-state index contributed by atoms with van der Waals surface area (Å²) in [7, 11) is 1.63. The molecule has 24 heavy (non-hydrogen) atoms. The van der Waals surface area contributed by atoms with Gasteiger partial charge in [0.25, 0.3) is 5.91 Å². The first kappa shape index (κ1) is 16.4. The number of halogens is 1. The van der Waals surface area contributed by atoms with E-state index in [1.165, 1.54) is 24.3 Å². The Kier molecular flexibility index (Phi) is 5.10. The van der Waals surface area contributed by atoms with E-state index in [1.807, 2.05) is 10.7 Å². The standard InChI is InChI=1S/C17H20FN3O3/c1-23-11-15-7-9-21-14(6-8-19-21)10-20(15)17(22)12-24-16-4-2-13(18)3-5-16/h2-6,8,15H,7,9-12H2,1H3/t15-/m0/s1. The molecule has 0 spiro atoms. The van der Waals surface area contributed by atoms with Crippen molar-refractivity contribution >= 4 is 5.91 Å². The summed E-state index contributed by atoms with van der Waals surface area (Å²) in [4.78, 5) is 14.4. The lowest BCUT2D eigenvalue weighted by atomic mass is 10.2. The summed E-state index contributed by atoms with van der Waals surface area (Å²) in [6.07, 6.45) is 2.51. The molecule has 0 unspecified atom stereocenters. The number of ether oxygens (including phenoxy) is 2. The molecule has 6 nitrogen and oxygen atoms in total. The topological polar surface area (TPSA) is 56.6 Å². The number of carbonyl (C=O) groups is 1. The lowest BCUT2D eigenvalue weighted by Crippen LogP contribution is -2.44. The van der Waals surface area contributed by atoms with Gasteiger partial charge in [0.05, 0.1) is 24.9 Å². The fourth-order valence-corrected chi connectivity index (χ4v) is 2.84. The number of hydrogen-bond acceptors (Lipinski definition) is 4. The molecule has 2 aromatic rings. The van der Waals surface area contributed by atoms with Gasteiger partial charge in [-0.1, -0.05) is 0 Å². The quantitative estimate of drug-likeness (QED) is 0.838. The van der Waals surface area contributed by atoms with Crippen LogP contribution in [0.4, 0.5) is 4.39 Å². The third kappa shape index (κ3) is 3.73. The summed E-state index contributed by atoms with van der Waals surface area (Å²) >= 11 is 0. The summed E-state index contributed by atoms with van der Waals surface area (Å²) < 4.78 is 25.6. The molecule has 128 valence electrons. The van der Waals surface area contributed by atoms with Crippen LogP contribution in [0.1, 0.15) is 12.1 Å². The summed E-state index contributed by atoms with van der Waals surface area (Å²) in [5.74, 6) is -0.00135. The van der Waals surface area contributed by atoms with E-state index in [0.29, 0.717) is 18.9 Å². The Hall–Kier alpha value is -2.41. The van der Waals surface area contributed by atoms with Crippen molar-refractivity contribution in [2.24, 2.45) is 0 Å². The zero-order valence-corrected chi connectivity index (χ0v) is 13.5. The number of aromatic nitrogens is 2. The van der Waals surface area contributed by atoms with Crippen molar-refractivity contribution in [1.29, 1.82) is 0 Å². The molecule has 2 heterocycles. The van der Waals surface area contributed by atoms with Gasteiger partial charge in [0.15, 0.2) is 6.61 Å². The van der Waals surface area contributed by atoms with Gasteiger partial charge < -0.3 is 14.4 Å². The van der Waals surface area contributed by atoms with Crippen LogP contribution < -0.4 is 4.74 Å². The first-order valence-electron chi connectivity index (χ1n) is 7.85. The molecule has 1 aromatic carbocycles. The number of nitrogens with zero attached hydrogens (tertiary/aromatic N) is 3. The maximum Gasteiger partial charge on any atom is 0.261 e. The summed E-state index contributed by atoms with van der Waals surface area (Å²) in [5.41, 5.74) is 0.990. The van der Waals surface area contributed by atoms with Crippen LogP contribution in [0.5, 0.6) is 5.75 Å². The Bertz CT molecular complexity index is 687. The molecule has 0 N–H and O–H groups in total. The predicted molar refractivity (Wildman–Crippen MR) is 85.0 cm³/mol. The fourth-order valence-electron chi connectivity index (χ4n) is 2.84. The highest BCUT2D eigenvalue weighted by molar-refractivity contribution is 5.78. The van der Waals surface area contributed by atoms with Crippen molar-refractivity contribution in [2.75, 3.05) is 20.3 Å². The molecule has 0 bridgehead atoms. The van der Waals surface area contributed by atoms with Crippen LogP contribution in [-0.4, -0.2) is 47.0 Å². The zero-order chi connectivity index (χ0) is 16.9. The Morgan fingerprint density at radius 1 is 1.33 bits per heavy atom. The van der Waals surface area contributed by atoms with Crippen molar-refractivity contribution < 1.29 is 18.7 Å². The summed E-state index contributed by atoms with van der Waals surface area (Å²) in [6.45, 7) is 1.59. The molecule has 1 aliphatic heterocycles. The number of methoxy groups -OCH3 is 1. The van der Waals surface area contributed by atoms with Gasteiger partial charge >= 0.3 is 0 Å². The molecule has 0 radical (unpaired) electrons. The number of fused-ring (bicyclic) bond motifs is 1. The number of carbonyl (C=O) groups excluding carboxylic acids is 1.